The Morgan fingerprint density at radius 2 is 2.15 bits per heavy atom. The SMILES string of the molecule is O=C(O)c1nnc2cccnnc1-2. The second-order valence-electron chi connectivity index (χ2n) is 2.31. The number of rotatable bonds is 1. The molecule has 2 aliphatic rings. The van der Waals surface area contributed by atoms with E-state index < -0.39 is 5.97 Å². The summed E-state index contributed by atoms with van der Waals surface area (Å²) in [5.41, 5.74) is 0.464. The van der Waals surface area contributed by atoms with E-state index in [1.165, 1.54) is 6.20 Å². The molecule has 6 heteroatoms. The van der Waals surface area contributed by atoms with Crippen molar-refractivity contribution in [2.24, 2.45) is 0 Å². The highest BCUT2D eigenvalue weighted by Gasteiger charge is 2.19. The van der Waals surface area contributed by atoms with Gasteiger partial charge in [0.25, 0.3) is 0 Å². The van der Waals surface area contributed by atoms with Crippen molar-refractivity contribution in [2.45, 2.75) is 0 Å². The van der Waals surface area contributed by atoms with Gasteiger partial charge in [-0.1, -0.05) is 0 Å². The van der Waals surface area contributed by atoms with Crippen LogP contribution in [-0.2, 0) is 0 Å². The summed E-state index contributed by atoms with van der Waals surface area (Å²) in [6.45, 7) is 0. The molecular weight excluding hydrogens is 172 g/mol. The molecule has 0 spiro atoms. The third-order valence-electron chi connectivity index (χ3n) is 1.49. The number of fused-ring (bicyclic) bond motifs is 1. The number of carbonyl (C=O) groups is 1. The maximum Gasteiger partial charge on any atom is 0.358 e. The topological polar surface area (TPSA) is 88.9 Å². The Balaban J connectivity index is 2.68. The smallest absolute Gasteiger partial charge is 0.358 e. The van der Waals surface area contributed by atoms with E-state index >= 15 is 0 Å². The van der Waals surface area contributed by atoms with Crippen LogP contribution in [0.3, 0.4) is 0 Å². The van der Waals surface area contributed by atoms with Gasteiger partial charge in [0.1, 0.15) is 11.4 Å². The average molecular weight is 176 g/mol. The number of hydrogen-bond acceptors (Lipinski definition) is 5. The molecule has 0 atom stereocenters. The second kappa shape index (κ2) is 2.74. The van der Waals surface area contributed by atoms with Gasteiger partial charge in [-0.25, -0.2) is 4.79 Å². The largest absolute Gasteiger partial charge is 0.476 e. The zero-order chi connectivity index (χ0) is 9.26. The van der Waals surface area contributed by atoms with Crippen LogP contribution in [0.15, 0.2) is 18.3 Å². The minimum Gasteiger partial charge on any atom is -0.476 e. The molecule has 0 aromatic carbocycles. The molecule has 6 nitrogen and oxygen atoms in total. The van der Waals surface area contributed by atoms with E-state index in [9.17, 15) is 4.79 Å². The zero-order valence-corrected chi connectivity index (χ0v) is 6.38. The van der Waals surface area contributed by atoms with E-state index in [4.69, 9.17) is 5.11 Å². The van der Waals surface area contributed by atoms with Crippen molar-refractivity contribution in [2.75, 3.05) is 0 Å². The number of hydrogen-bond donors (Lipinski definition) is 1. The van der Waals surface area contributed by atoms with Crippen molar-refractivity contribution >= 4 is 5.97 Å². The van der Waals surface area contributed by atoms with Crippen LogP contribution in [0.2, 0.25) is 0 Å². The van der Waals surface area contributed by atoms with Crippen LogP contribution in [0.4, 0.5) is 0 Å². The molecule has 13 heavy (non-hydrogen) atoms. The lowest BCUT2D eigenvalue weighted by molar-refractivity contribution is 0.0691. The lowest BCUT2D eigenvalue weighted by Gasteiger charge is -1.86. The highest BCUT2D eigenvalue weighted by atomic mass is 16.4. The van der Waals surface area contributed by atoms with Gasteiger partial charge in [0, 0.05) is 6.20 Å². The summed E-state index contributed by atoms with van der Waals surface area (Å²) in [5.74, 6) is -1.15. The molecule has 0 aliphatic carbocycles. The minimum absolute atomic E-state index is 0.168. The van der Waals surface area contributed by atoms with E-state index in [0.29, 0.717) is 5.69 Å². The third kappa shape index (κ3) is 1.18. The first-order valence-electron chi connectivity index (χ1n) is 3.46. The molecule has 0 aromatic heterocycles. The first kappa shape index (κ1) is 7.53. The van der Waals surface area contributed by atoms with E-state index in [2.05, 4.69) is 20.4 Å². The summed E-state index contributed by atoms with van der Waals surface area (Å²) in [6.07, 6.45) is 1.45. The summed E-state index contributed by atoms with van der Waals surface area (Å²) in [7, 11) is 0. The van der Waals surface area contributed by atoms with Crippen LogP contribution >= 0.6 is 0 Å². The summed E-state index contributed by atoms with van der Waals surface area (Å²) in [5, 5.41) is 23.1. The molecule has 2 heterocycles. The number of carboxylic acids is 1. The maximum absolute atomic E-state index is 10.6. The number of carboxylic acid groups (broad SMARTS) is 1. The van der Waals surface area contributed by atoms with Crippen LogP contribution < -0.4 is 0 Å². The van der Waals surface area contributed by atoms with Gasteiger partial charge >= 0.3 is 5.97 Å². The van der Waals surface area contributed by atoms with Crippen molar-refractivity contribution in [3.8, 4) is 11.4 Å². The maximum atomic E-state index is 10.6. The van der Waals surface area contributed by atoms with Gasteiger partial charge in [0.15, 0.2) is 5.69 Å². The predicted octanol–water partition coefficient (Wildman–Crippen LogP) is 0.0696. The van der Waals surface area contributed by atoms with Crippen molar-refractivity contribution in [3.05, 3.63) is 24.0 Å². The lowest BCUT2D eigenvalue weighted by atomic mass is 10.2. The standard InChI is InChI=1S/C7H4N4O2/c12-7(13)6-5-4(9-11-6)2-1-3-8-10-5/h1-3H,(H,12,13). The van der Waals surface area contributed by atoms with Crippen LogP contribution in [0, 0.1) is 0 Å². The molecule has 0 saturated heterocycles. The van der Waals surface area contributed by atoms with Crippen molar-refractivity contribution < 1.29 is 9.90 Å². The van der Waals surface area contributed by atoms with Gasteiger partial charge in [-0.3, -0.25) is 0 Å². The van der Waals surface area contributed by atoms with Gasteiger partial charge in [-0.2, -0.15) is 5.10 Å². The molecular formula is C7H4N4O2. The van der Waals surface area contributed by atoms with E-state index in [1.807, 2.05) is 0 Å². The fraction of sp³-hybridized carbons (Fsp3) is 0. The molecule has 0 fully saturated rings. The highest BCUT2D eigenvalue weighted by molar-refractivity contribution is 5.92. The fourth-order valence-electron chi connectivity index (χ4n) is 0.939. The zero-order valence-electron chi connectivity index (χ0n) is 6.38. The first-order valence-corrected chi connectivity index (χ1v) is 3.46. The highest BCUT2D eigenvalue weighted by Crippen LogP contribution is 2.17. The molecule has 0 unspecified atom stereocenters. The predicted molar refractivity (Wildman–Crippen MR) is 41.2 cm³/mol. The van der Waals surface area contributed by atoms with Gasteiger partial charge in [0.05, 0.1) is 0 Å². The molecule has 2 rings (SSSR count). The Hall–Kier alpha value is -2.11. The average Bonchev–Trinajstić information content (AvgIpc) is 2.36. The normalized spacial score (nSPS) is 10.2. The number of aromatic nitrogens is 4. The van der Waals surface area contributed by atoms with Gasteiger partial charge in [-0.15, -0.1) is 15.3 Å². The van der Waals surface area contributed by atoms with Crippen LogP contribution in [0.1, 0.15) is 10.5 Å². The monoisotopic (exact) mass is 176 g/mol. The lowest BCUT2D eigenvalue weighted by Crippen LogP contribution is -1.98. The summed E-state index contributed by atoms with van der Waals surface area (Å²) < 4.78 is 0. The fourth-order valence-corrected chi connectivity index (χ4v) is 0.939. The number of aromatic carboxylic acids is 1. The Labute approximate surface area is 72.6 Å². The van der Waals surface area contributed by atoms with E-state index in [0.717, 1.165) is 0 Å². The molecule has 0 aromatic rings. The van der Waals surface area contributed by atoms with Gasteiger partial charge in [-0.05, 0) is 12.1 Å². The molecule has 0 radical (unpaired) electrons. The minimum atomic E-state index is -1.15. The molecule has 64 valence electrons. The quantitative estimate of drug-likeness (QED) is 0.661. The van der Waals surface area contributed by atoms with Gasteiger partial charge in [0.2, 0.25) is 0 Å². The molecule has 0 saturated carbocycles. The van der Waals surface area contributed by atoms with Gasteiger partial charge < -0.3 is 5.11 Å². The van der Waals surface area contributed by atoms with Crippen LogP contribution in [0.5, 0.6) is 0 Å². The first-order chi connectivity index (χ1) is 6.29. The Morgan fingerprint density at radius 3 is 2.92 bits per heavy atom. The van der Waals surface area contributed by atoms with E-state index in [-0.39, 0.29) is 11.4 Å². The van der Waals surface area contributed by atoms with Crippen molar-refractivity contribution in [3.63, 3.8) is 0 Å². The summed E-state index contributed by atoms with van der Waals surface area (Å²) in [6, 6.07) is 3.23. The Kier molecular flexibility index (Phi) is 1.59. The summed E-state index contributed by atoms with van der Waals surface area (Å²) >= 11 is 0. The summed E-state index contributed by atoms with van der Waals surface area (Å²) in [4.78, 5) is 10.6. The van der Waals surface area contributed by atoms with Crippen LogP contribution in [-0.4, -0.2) is 31.5 Å². The molecule has 2 aliphatic heterocycles. The second-order valence-corrected chi connectivity index (χ2v) is 2.31. The van der Waals surface area contributed by atoms with Crippen molar-refractivity contribution in [1.29, 1.82) is 0 Å². The number of nitrogens with zero attached hydrogens (tertiary/aromatic N) is 4. The van der Waals surface area contributed by atoms with E-state index in [1.54, 1.807) is 12.1 Å². The molecule has 0 amide bonds. The third-order valence-corrected chi connectivity index (χ3v) is 1.49. The molecule has 1 N–H and O–H groups in total. The Bertz CT molecular complexity index is 431. The van der Waals surface area contributed by atoms with Crippen molar-refractivity contribution in [1.82, 2.24) is 20.4 Å². The van der Waals surface area contributed by atoms with Crippen LogP contribution in [0.25, 0.3) is 11.4 Å². The molecule has 0 bridgehead atoms. The Morgan fingerprint density at radius 1 is 1.31 bits per heavy atom.